The second kappa shape index (κ2) is 7.90. The molecule has 3 atom stereocenters. The number of ether oxygens (including phenoxy) is 1. The number of carbonyl (C=O) groups is 1. The van der Waals surface area contributed by atoms with Crippen molar-refractivity contribution < 1.29 is 9.53 Å². The van der Waals surface area contributed by atoms with Crippen molar-refractivity contribution in [3.63, 3.8) is 0 Å². The highest BCUT2D eigenvalue weighted by Gasteiger charge is 2.56. The first-order valence-electron chi connectivity index (χ1n) is 8.99. The quantitative estimate of drug-likeness (QED) is 0.820. The molecule has 5 nitrogen and oxygen atoms in total. The number of nitrogens with zero attached hydrogens (tertiary/aromatic N) is 2. The van der Waals surface area contributed by atoms with E-state index in [4.69, 9.17) is 10.1 Å². The van der Waals surface area contributed by atoms with Gasteiger partial charge in [-0.1, -0.05) is 66.7 Å². The van der Waals surface area contributed by atoms with Crippen LogP contribution in [0, 0.1) is 39.4 Å². The average molecular weight is 369 g/mol. The summed E-state index contributed by atoms with van der Waals surface area (Å²) in [6.45, 7) is 1.74. The Morgan fingerprint density at radius 1 is 1.11 bits per heavy atom. The van der Waals surface area contributed by atoms with E-state index in [1.165, 1.54) is 0 Å². The van der Waals surface area contributed by atoms with E-state index in [1.54, 1.807) is 13.0 Å². The van der Waals surface area contributed by atoms with Gasteiger partial charge in [0.05, 0.1) is 24.5 Å². The number of rotatable bonds is 4. The van der Waals surface area contributed by atoms with Gasteiger partial charge in [-0.3, -0.25) is 0 Å². The Morgan fingerprint density at radius 3 is 2.25 bits per heavy atom. The van der Waals surface area contributed by atoms with Gasteiger partial charge in [-0.05, 0) is 23.6 Å². The summed E-state index contributed by atoms with van der Waals surface area (Å²) in [5, 5.41) is 28.6. The molecule has 138 valence electrons. The van der Waals surface area contributed by atoms with Gasteiger partial charge in [0.25, 0.3) is 0 Å². The van der Waals surface area contributed by atoms with Crippen molar-refractivity contribution in [2.45, 2.75) is 12.8 Å². The van der Waals surface area contributed by atoms with E-state index in [1.807, 2.05) is 66.7 Å². The van der Waals surface area contributed by atoms with Gasteiger partial charge in [-0.2, -0.15) is 10.5 Å². The van der Waals surface area contributed by atoms with E-state index in [2.05, 4.69) is 6.07 Å². The molecule has 0 unspecified atom stereocenters. The molecular formula is C23H19N3O2. The molecule has 2 aromatic carbocycles. The lowest BCUT2D eigenvalue weighted by Gasteiger charge is -2.38. The Hall–Kier alpha value is -3.70. The summed E-state index contributed by atoms with van der Waals surface area (Å²) >= 11 is 0. The fourth-order valence-corrected chi connectivity index (χ4v) is 3.64. The minimum absolute atomic E-state index is 0.0868. The van der Waals surface area contributed by atoms with Crippen LogP contribution in [0.15, 0.2) is 66.7 Å². The first-order valence-corrected chi connectivity index (χ1v) is 8.99. The molecule has 3 rings (SSSR count). The van der Waals surface area contributed by atoms with Gasteiger partial charge < -0.3 is 10.1 Å². The predicted molar refractivity (Wildman–Crippen MR) is 105 cm³/mol. The summed E-state index contributed by atoms with van der Waals surface area (Å²) in [4.78, 5) is 12.9. The highest BCUT2D eigenvalue weighted by atomic mass is 16.5. The zero-order chi connectivity index (χ0) is 20.1. The van der Waals surface area contributed by atoms with Crippen molar-refractivity contribution in [1.82, 2.24) is 0 Å². The Morgan fingerprint density at radius 2 is 1.71 bits per heavy atom. The maximum Gasteiger partial charge on any atom is 0.333 e. The minimum Gasteiger partial charge on any atom is -0.464 e. The number of carbonyl (C=O) groups excluding carboxylic acids is 1. The summed E-state index contributed by atoms with van der Waals surface area (Å²) in [7, 11) is 0. The zero-order valence-corrected chi connectivity index (χ0v) is 15.4. The lowest BCUT2D eigenvalue weighted by Crippen LogP contribution is -2.49. The number of nitrogens with one attached hydrogen (secondary N) is 1. The Kier molecular flexibility index (Phi) is 5.38. The van der Waals surface area contributed by atoms with Crippen molar-refractivity contribution in [2.24, 2.45) is 11.3 Å². The Bertz CT molecular complexity index is 1000. The maximum absolute atomic E-state index is 12.9. The third kappa shape index (κ3) is 2.98. The van der Waals surface area contributed by atoms with Crippen LogP contribution in [0.1, 0.15) is 24.0 Å². The third-order valence-corrected chi connectivity index (χ3v) is 5.01. The summed E-state index contributed by atoms with van der Waals surface area (Å²) in [6.07, 6.45) is 1.77. The first kappa shape index (κ1) is 19.1. The van der Waals surface area contributed by atoms with Gasteiger partial charge in [0, 0.05) is 5.92 Å². The van der Waals surface area contributed by atoms with Crippen molar-refractivity contribution in [3.8, 4) is 12.1 Å². The number of benzene rings is 2. The van der Waals surface area contributed by atoms with Crippen LogP contribution in [0.4, 0.5) is 0 Å². The second-order valence-corrected chi connectivity index (χ2v) is 6.49. The lowest BCUT2D eigenvalue weighted by atomic mass is 9.60. The van der Waals surface area contributed by atoms with Crippen molar-refractivity contribution in [1.29, 1.82) is 15.9 Å². The third-order valence-electron chi connectivity index (χ3n) is 5.01. The molecule has 28 heavy (non-hydrogen) atoms. The van der Waals surface area contributed by atoms with Crippen LogP contribution in [-0.2, 0) is 9.53 Å². The number of esters is 1. The normalized spacial score (nSPS) is 23.8. The molecule has 1 aliphatic rings. The van der Waals surface area contributed by atoms with Gasteiger partial charge in [0.1, 0.15) is 5.92 Å². The van der Waals surface area contributed by atoms with E-state index >= 15 is 0 Å². The Labute approximate surface area is 164 Å². The van der Waals surface area contributed by atoms with Crippen LogP contribution >= 0.6 is 0 Å². The maximum atomic E-state index is 12.9. The highest BCUT2D eigenvalue weighted by Crippen LogP contribution is 2.48. The van der Waals surface area contributed by atoms with E-state index in [9.17, 15) is 15.3 Å². The molecule has 0 aliphatic heterocycles. The molecule has 0 aromatic heterocycles. The van der Waals surface area contributed by atoms with E-state index in [-0.39, 0.29) is 12.3 Å². The van der Waals surface area contributed by atoms with Gasteiger partial charge >= 0.3 is 5.97 Å². The summed E-state index contributed by atoms with van der Waals surface area (Å²) in [5.41, 5.74) is 0.000781. The number of hydrogen-bond donors (Lipinski definition) is 1. The van der Waals surface area contributed by atoms with E-state index in [0.29, 0.717) is 11.1 Å². The molecule has 0 saturated heterocycles. The molecule has 0 bridgehead atoms. The van der Waals surface area contributed by atoms with Crippen LogP contribution in [0.25, 0.3) is 5.57 Å². The molecule has 5 heteroatoms. The average Bonchev–Trinajstić information content (AvgIpc) is 2.74. The van der Waals surface area contributed by atoms with Crippen molar-refractivity contribution in [3.05, 3.63) is 77.9 Å². The molecule has 0 spiro atoms. The van der Waals surface area contributed by atoms with Crippen LogP contribution in [-0.4, -0.2) is 18.3 Å². The second-order valence-electron chi connectivity index (χ2n) is 6.49. The molecule has 1 N–H and O–H groups in total. The molecule has 0 fully saturated rings. The lowest BCUT2D eigenvalue weighted by molar-refractivity contribution is -0.149. The van der Waals surface area contributed by atoms with Crippen molar-refractivity contribution >= 4 is 17.3 Å². The Balaban J connectivity index is 2.30. The van der Waals surface area contributed by atoms with Crippen LogP contribution in [0.3, 0.4) is 0 Å². The van der Waals surface area contributed by atoms with Crippen LogP contribution < -0.4 is 0 Å². The SMILES string of the molecule is CCOC(=O)[C@@]1(C#N)C(=N)[C@@H](C#N)C(c2ccccc2)=C[C@H]1c1ccccc1. The van der Waals surface area contributed by atoms with Gasteiger partial charge in [-0.15, -0.1) is 0 Å². The summed E-state index contributed by atoms with van der Waals surface area (Å²) in [5.74, 6) is -2.53. The molecule has 0 saturated carbocycles. The minimum atomic E-state index is -1.88. The smallest absolute Gasteiger partial charge is 0.333 e. The van der Waals surface area contributed by atoms with Gasteiger partial charge in [0.15, 0.2) is 0 Å². The summed E-state index contributed by atoms with van der Waals surface area (Å²) < 4.78 is 5.19. The standard InChI is InChI=1S/C23H19N3O2/c1-2-28-22(27)23(15-25)20(17-11-7-4-8-12-17)13-18(19(14-24)21(23)26)16-9-5-3-6-10-16/h3-13,19-20,26H,2H2,1H3/t19-,20-,23+/m0/s1. The number of hydrogen-bond acceptors (Lipinski definition) is 5. The number of nitriles is 2. The largest absolute Gasteiger partial charge is 0.464 e. The summed E-state index contributed by atoms with van der Waals surface area (Å²) in [6, 6.07) is 22.5. The molecule has 2 aromatic rings. The molecular weight excluding hydrogens is 350 g/mol. The molecule has 0 radical (unpaired) electrons. The number of allylic oxidation sites excluding steroid dienone is 2. The van der Waals surface area contributed by atoms with Crippen LogP contribution in [0.2, 0.25) is 0 Å². The first-order chi connectivity index (χ1) is 13.6. The predicted octanol–water partition coefficient (Wildman–Crippen LogP) is 4.10. The monoisotopic (exact) mass is 369 g/mol. The van der Waals surface area contributed by atoms with E-state index in [0.717, 1.165) is 5.56 Å². The zero-order valence-electron chi connectivity index (χ0n) is 15.4. The fraction of sp³-hybridized carbons (Fsp3) is 0.217. The van der Waals surface area contributed by atoms with Crippen LogP contribution in [0.5, 0.6) is 0 Å². The topological polar surface area (TPSA) is 97.7 Å². The van der Waals surface area contributed by atoms with Gasteiger partial charge in [-0.25, -0.2) is 4.79 Å². The fourth-order valence-electron chi connectivity index (χ4n) is 3.64. The highest BCUT2D eigenvalue weighted by molar-refractivity contribution is 6.16. The molecule has 0 amide bonds. The molecule has 1 aliphatic carbocycles. The van der Waals surface area contributed by atoms with E-state index < -0.39 is 23.2 Å². The van der Waals surface area contributed by atoms with Gasteiger partial charge in [0.2, 0.25) is 5.41 Å². The molecule has 0 heterocycles. The van der Waals surface area contributed by atoms with Crippen molar-refractivity contribution in [2.75, 3.05) is 6.61 Å².